The molecular formula is C19H14Cl3NO2S2. The molecule has 3 aromatic rings. The van der Waals surface area contributed by atoms with Crippen molar-refractivity contribution in [2.45, 2.75) is 21.2 Å². The molecule has 0 saturated carbocycles. The second kappa shape index (κ2) is 8.86. The van der Waals surface area contributed by atoms with E-state index in [0.29, 0.717) is 20.6 Å². The van der Waals surface area contributed by atoms with Crippen molar-refractivity contribution >= 4 is 56.6 Å². The van der Waals surface area contributed by atoms with Crippen LogP contribution in [0.1, 0.15) is 5.56 Å². The zero-order chi connectivity index (χ0) is 19.4. The molecular weight excluding hydrogens is 445 g/mol. The van der Waals surface area contributed by atoms with Crippen molar-refractivity contribution in [3.05, 3.63) is 87.4 Å². The fraction of sp³-hybridized carbons (Fsp3) is 0.0526. The summed E-state index contributed by atoms with van der Waals surface area (Å²) in [5, 5.41) is 1.62. The van der Waals surface area contributed by atoms with Crippen LogP contribution < -0.4 is 4.72 Å². The third-order valence-corrected chi connectivity index (χ3v) is 7.07. The lowest BCUT2D eigenvalue weighted by Crippen LogP contribution is -2.23. The Hall–Kier alpha value is -1.21. The van der Waals surface area contributed by atoms with Gasteiger partial charge >= 0.3 is 0 Å². The van der Waals surface area contributed by atoms with Crippen LogP contribution in [-0.2, 0) is 16.6 Å². The molecule has 0 aliphatic carbocycles. The molecule has 0 atom stereocenters. The van der Waals surface area contributed by atoms with E-state index in [-0.39, 0.29) is 11.4 Å². The molecule has 3 nitrogen and oxygen atoms in total. The first-order chi connectivity index (χ1) is 12.8. The molecule has 0 aliphatic rings. The lowest BCUT2D eigenvalue weighted by molar-refractivity contribution is 0.581. The van der Waals surface area contributed by atoms with E-state index >= 15 is 0 Å². The molecule has 0 bridgehead atoms. The molecule has 0 amide bonds. The fourth-order valence-electron chi connectivity index (χ4n) is 2.30. The second-order valence-electron chi connectivity index (χ2n) is 5.55. The minimum atomic E-state index is -3.68. The van der Waals surface area contributed by atoms with Crippen LogP contribution in [-0.4, -0.2) is 8.42 Å². The van der Waals surface area contributed by atoms with E-state index in [1.54, 1.807) is 18.2 Å². The molecule has 1 N–H and O–H groups in total. The van der Waals surface area contributed by atoms with Crippen LogP contribution in [0, 0.1) is 0 Å². The van der Waals surface area contributed by atoms with E-state index in [4.69, 9.17) is 34.8 Å². The average Bonchev–Trinajstić information content (AvgIpc) is 2.63. The van der Waals surface area contributed by atoms with Gasteiger partial charge < -0.3 is 0 Å². The van der Waals surface area contributed by atoms with Crippen molar-refractivity contribution in [2.75, 3.05) is 0 Å². The average molecular weight is 459 g/mol. The van der Waals surface area contributed by atoms with Gasteiger partial charge in [-0.15, -0.1) is 0 Å². The maximum absolute atomic E-state index is 12.5. The van der Waals surface area contributed by atoms with Crippen molar-refractivity contribution in [3.63, 3.8) is 0 Å². The Labute approximate surface area is 177 Å². The summed E-state index contributed by atoms with van der Waals surface area (Å²) in [5.74, 6) is 0. The minimum absolute atomic E-state index is 0.0700. The van der Waals surface area contributed by atoms with Crippen LogP contribution in [0.5, 0.6) is 0 Å². The third kappa shape index (κ3) is 5.41. The van der Waals surface area contributed by atoms with E-state index in [9.17, 15) is 8.42 Å². The van der Waals surface area contributed by atoms with Gasteiger partial charge in [-0.05, 0) is 66.2 Å². The zero-order valence-electron chi connectivity index (χ0n) is 13.8. The highest BCUT2D eigenvalue weighted by molar-refractivity contribution is 7.99. The molecule has 0 heterocycles. The molecule has 0 fully saturated rings. The van der Waals surface area contributed by atoms with Gasteiger partial charge in [-0.25, -0.2) is 13.1 Å². The normalized spacial score (nSPS) is 11.5. The molecule has 0 unspecified atom stereocenters. The Bertz CT molecular complexity index is 1040. The Morgan fingerprint density at radius 1 is 0.815 bits per heavy atom. The van der Waals surface area contributed by atoms with Crippen molar-refractivity contribution in [2.24, 2.45) is 0 Å². The Morgan fingerprint density at radius 3 is 2.04 bits per heavy atom. The van der Waals surface area contributed by atoms with Crippen LogP contribution in [0.15, 0.2) is 81.4 Å². The second-order valence-corrected chi connectivity index (χ2v) is 9.71. The molecule has 3 rings (SSSR count). The van der Waals surface area contributed by atoms with Crippen molar-refractivity contribution in [3.8, 4) is 0 Å². The number of nitrogens with one attached hydrogen (secondary N) is 1. The number of benzene rings is 3. The molecule has 27 heavy (non-hydrogen) atoms. The van der Waals surface area contributed by atoms with Gasteiger partial charge in [-0.3, -0.25) is 0 Å². The molecule has 0 radical (unpaired) electrons. The van der Waals surface area contributed by atoms with Gasteiger partial charge in [0.15, 0.2) is 0 Å². The first-order valence-corrected chi connectivity index (χ1v) is 11.2. The van der Waals surface area contributed by atoms with Crippen molar-refractivity contribution in [1.29, 1.82) is 0 Å². The summed E-state index contributed by atoms with van der Waals surface area (Å²) in [4.78, 5) is 1.98. The zero-order valence-corrected chi connectivity index (χ0v) is 17.7. The van der Waals surface area contributed by atoms with Crippen molar-refractivity contribution in [1.82, 2.24) is 4.72 Å². The molecule has 0 saturated heterocycles. The Morgan fingerprint density at radius 2 is 1.41 bits per heavy atom. The van der Waals surface area contributed by atoms with Crippen LogP contribution >= 0.6 is 46.6 Å². The summed E-state index contributed by atoms with van der Waals surface area (Å²) in [5.41, 5.74) is 0.705. The molecule has 0 spiro atoms. The smallest absolute Gasteiger partial charge is 0.207 e. The van der Waals surface area contributed by atoms with E-state index < -0.39 is 10.0 Å². The number of sulfonamides is 1. The first-order valence-electron chi connectivity index (χ1n) is 7.81. The molecule has 140 valence electrons. The summed E-state index contributed by atoms with van der Waals surface area (Å²) in [6.07, 6.45) is 0. The van der Waals surface area contributed by atoms with Crippen LogP contribution in [0.3, 0.4) is 0 Å². The minimum Gasteiger partial charge on any atom is -0.207 e. The first kappa shape index (κ1) is 20.5. The Balaban J connectivity index is 1.82. The highest BCUT2D eigenvalue weighted by Crippen LogP contribution is 2.34. The molecule has 3 aromatic carbocycles. The number of hydrogen-bond donors (Lipinski definition) is 1. The van der Waals surface area contributed by atoms with Crippen LogP contribution in [0.4, 0.5) is 0 Å². The highest BCUT2D eigenvalue weighted by Gasteiger charge is 2.16. The summed E-state index contributed by atoms with van der Waals surface area (Å²) in [6.45, 7) is 0.0700. The van der Waals surface area contributed by atoms with Crippen LogP contribution in [0.2, 0.25) is 15.1 Å². The fourth-order valence-corrected chi connectivity index (χ4v) is 4.82. The molecule has 8 heteroatoms. The lowest BCUT2D eigenvalue weighted by Gasteiger charge is -2.13. The monoisotopic (exact) mass is 457 g/mol. The topological polar surface area (TPSA) is 46.2 Å². The van der Waals surface area contributed by atoms with Gasteiger partial charge in [0.1, 0.15) is 0 Å². The predicted molar refractivity (Wildman–Crippen MR) is 113 cm³/mol. The lowest BCUT2D eigenvalue weighted by atomic mass is 10.2. The molecule has 0 aliphatic heterocycles. The Kier molecular flexibility index (Phi) is 6.74. The summed E-state index contributed by atoms with van der Waals surface area (Å²) < 4.78 is 27.6. The van der Waals surface area contributed by atoms with E-state index in [2.05, 4.69) is 4.72 Å². The van der Waals surface area contributed by atoms with Gasteiger partial charge in [0.05, 0.1) is 4.90 Å². The van der Waals surface area contributed by atoms with Crippen LogP contribution in [0.25, 0.3) is 0 Å². The number of hydrogen-bond acceptors (Lipinski definition) is 3. The summed E-state index contributed by atoms with van der Waals surface area (Å²) >= 11 is 19.6. The van der Waals surface area contributed by atoms with Gasteiger partial charge in [0.2, 0.25) is 10.0 Å². The van der Waals surface area contributed by atoms with E-state index in [1.807, 2.05) is 24.3 Å². The van der Waals surface area contributed by atoms with Gasteiger partial charge in [0, 0.05) is 31.4 Å². The van der Waals surface area contributed by atoms with E-state index in [0.717, 1.165) is 9.79 Å². The SMILES string of the molecule is O=S(=O)(NCc1c(Cl)cccc1Sc1ccc(Cl)cc1)c1ccc(Cl)cc1. The highest BCUT2D eigenvalue weighted by atomic mass is 35.5. The largest absolute Gasteiger partial charge is 0.240 e. The number of halogens is 3. The third-order valence-electron chi connectivity index (χ3n) is 3.68. The van der Waals surface area contributed by atoms with Crippen molar-refractivity contribution < 1.29 is 8.42 Å². The maximum Gasteiger partial charge on any atom is 0.240 e. The van der Waals surface area contributed by atoms with Gasteiger partial charge in [-0.2, -0.15) is 0 Å². The van der Waals surface area contributed by atoms with E-state index in [1.165, 1.54) is 36.0 Å². The predicted octanol–water partition coefficient (Wildman–Crippen LogP) is 6.28. The number of rotatable bonds is 6. The quantitative estimate of drug-likeness (QED) is 0.473. The standard InChI is InChI=1S/C19H14Cl3NO2S2/c20-13-4-8-15(9-5-13)26-19-3-1-2-18(22)17(19)12-23-27(24,25)16-10-6-14(21)7-11-16/h1-11,23H,12H2. The summed E-state index contributed by atoms with van der Waals surface area (Å²) in [7, 11) is -3.68. The summed E-state index contributed by atoms with van der Waals surface area (Å²) in [6, 6.07) is 18.9. The van der Waals surface area contributed by atoms with Gasteiger partial charge in [0.25, 0.3) is 0 Å². The molecule has 0 aromatic heterocycles. The maximum atomic E-state index is 12.5. The van der Waals surface area contributed by atoms with Gasteiger partial charge in [-0.1, -0.05) is 52.6 Å².